The Morgan fingerprint density at radius 2 is 2.10 bits per heavy atom. The molecule has 1 N–H and O–H groups in total. The monoisotopic (exact) mass is 356 g/mol. The van der Waals surface area contributed by atoms with Crippen LogP contribution in [0.3, 0.4) is 0 Å². The Morgan fingerprint density at radius 3 is 2.90 bits per heavy atom. The van der Waals surface area contributed by atoms with E-state index in [1.54, 1.807) is 12.1 Å². The van der Waals surface area contributed by atoms with Crippen molar-refractivity contribution in [3.05, 3.63) is 38.2 Å². The summed E-state index contributed by atoms with van der Waals surface area (Å²) in [7, 11) is 0. The maximum Gasteiger partial charge on any atom is 0.265 e. The molecule has 1 aromatic carbocycles. The van der Waals surface area contributed by atoms with E-state index in [1.807, 2.05) is 0 Å². The van der Waals surface area contributed by atoms with Crippen molar-refractivity contribution in [2.45, 2.75) is 6.42 Å². The molecule has 1 aromatic heterocycles. The highest BCUT2D eigenvalue weighted by Crippen LogP contribution is 2.39. The van der Waals surface area contributed by atoms with Crippen LogP contribution in [0.4, 0.5) is 0 Å². The summed E-state index contributed by atoms with van der Waals surface area (Å²) in [5.41, 5.74) is 0.419. The van der Waals surface area contributed by atoms with E-state index in [4.69, 9.17) is 21.1 Å². The summed E-state index contributed by atoms with van der Waals surface area (Å²) in [5, 5.41) is 0.435. The lowest BCUT2D eigenvalue weighted by molar-refractivity contribution is 0.297. The van der Waals surface area contributed by atoms with Crippen LogP contribution < -0.4 is 15.0 Å². The number of hydrogen-bond acceptors (Lipinski definition) is 4. The molecule has 0 unspecified atom stereocenters. The molecule has 7 heteroatoms. The van der Waals surface area contributed by atoms with Gasteiger partial charge in [-0.2, -0.15) is 0 Å². The fraction of sp³-hybridized carbons (Fsp3) is 0.231. The van der Waals surface area contributed by atoms with Gasteiger partial charge in [0.05, 0.1) is 18.2 Å². The van der Waals surface area contributed by atoms with E-state index >= 15 is 0 Å². The molecule has 0 radical (unpaired) electrons. The standard InChI is InChI=1S/C13H10BrClN2O3/c14-8-6-16-12(17-13(8)18)7-4-9(15)11-10(5-7)19-2-1-3-20-11/h4-6H,1-3H2,(H,16,17,18). The van der Waals surface area contributed by atoms with Crippen molar-refractivity contribution in [1.82, 2.24) is 9.97 Å². The fourth-order valence-electron chi connectivity index (χ4n) is 1.89. The summed E-state index contributed by atoms with van der Waals surface area (Å²) in [6, 6.07) is 3.46. The maximum atomic E-state index is 11.6. The van der Waals surface area contributed by atoms with E-state index in [9.17, 15) is 4.79 Å². The van der Waals surface area contributed by atoms with Gasteiger partial charge in [-0.05, 0) is 28.1 Å². The third kappa shape index (κ3) is 2.53. The Hall–Kier alpha value is -1.53. The van der Waals surface area contributed by atoms with E-state index in [1.165, 1.54) is 6.20 Å². The summed E-state index contributed by atoms with van der Waals surface area (Å²) in [5.74, 6) is 1.53. The SMILES string of the molecule is O=c1[nH]c(-c2cc(Cl)c3c(c2)OCCCO3)ncc1Br. The molecule has 1 aliphatic heterocycles. The average Bonchev–Trinajstić information content (AvgIpc) is 2.67. The molecule has 0 saturated carbocycles. The Labute approximate surface area is 128 Å². The van der Waals surface area contributed by atoms with Crippen LogP contribution in [-0.4, -0.2) is 23.2 Å². The van der Waals surface area contributed by atoms with Gasteiger partial charge in [-0.3, -0.25) is 4.79 Å². The highest BCUT2D eigenvalue weighted by molar-refractivity contribution is 9.10. The first kappa shape index (κ1) is 13.5. The van der Waals surface area contributed by atoms with Crippen LogP contribution in [0, 0.1) is 0 Å². The molecule has 0 saturated heterocycles. The Kier molecular flexibility index (Phi) is 3.67. The second-order valence-electron chi connectivity index (χ2n) is 4.24. The van der Waals surface area contributed by atoms with Crippen LogP contribution in [0.15, 0.2) is 27.6 Å². The zero-order valence-electron chi connectivity index (χ0n) is 10.3. The molecule has 0 fully saturated rings. The zero-order chi connectivity index (χ0) is 14.1. The maximum absolute atomic E-state index is 11.6. The van der Waals surface area contributed by atoms with Crippen molar-refractivity contribution in [3.63, 3.8) is 0 Å². The number of nitrogens with zero attached hydrogens (tertiary/aromatic N) is 1. The molecule has 20 heavy (non-hydrogen) atoms. The number of hydrogen-bond donors (Lipinski definition) is 1. The molecule has 0 spiro atoms. The van der Waals surface area contributed by atoms with Crippen LogP contribution >= 0.6 is 27.5 Å². The van der Waals surface area contributed by atoms with E-state index in [2.05, 4.69) is 25.9 Å². The molecular formula is C13H10BrClN2O3. The minimum Gasteiger partial charge on any atom is -0.489 e. The van der Waals surface area contributed by atoms with Gasteiger partial charge in [0.2, 0.25) is 0 Å². The molecule has 0 atom stereocenters. The molecule has 3 rings (SSSR count). The van der Waals surface area contributed by atoms with E-state index < -0.39 is 0 Å². The molecule has 104 valence electrons. The number of rotatable bonds is 1. The lowest BCUT2D eigenvalue weighted by atomic mass is 10.2. The summed E-state index contributed by atoms with van der Waals surface area (Å²) >= 11 is 9.32. The van der Waals surface area contributed by atoms with Crippen LogP contribution in [0.1, 0.15) is 6.42 Å². The molecule has 0 amide bonds. The quantitative estimate of drug-likeness (QED) is 0.852. The number of benzene rings is 1. The van der Waals surface area contributed by atoms with Gasteiger partial charge < -0.3 is 14.5 Å². The van der Waals surface area contributed by atoms with Crippen LogP contribution in [-0.2, 0) is 0 Å². The number of aromatic amines is 1. The summed E-state index contributed by atoms with van der Waals surface area (Å²) < 4.78 is 11.5. The Bertz CT molecular complexity index is 717. The Morgan fingerprint density at radius 1 is 1.30 bits per heavy atom. The fourth-order valence-corrected chi connectivity index (χ4v) is 2.36. The largest absolute Gasteiger partial charge is 0.489 e. The molecular weight excluding hydrogens is 348 g/mol. The normalized spacial score (nSPS) is 13.9. The topological polar surface area (TPSA) is 64.2 Å². The van der Waals surface area contributed by atoms with Crippen LogP contribution in [0.2, 0.25) is 5.02 Å². The van der Waals surface area contributed by atoms with Gasteiger partial charge in [0.25, 0.3) is 5.56 Å². The minimum atomic E-state index is -0.252. The first-order valence-electron chi connectivity index (χ1n) is 5.99. The zero-order valence-corrected chi connectivity index (χ0v) is 12.6. The second-order valence-corrected chi connectivity index (χ2v) is 5.51. The predicted octanol–water partition coefficient (Wildman–Crippen LogP) is 3.01. The molecule has 0 aliphatic carbocycles. The lowest BCUT2D eigenvalue weighted by Gasteiger charge is -2.11. The highest BCUT2D eigenvalue weighted by Gasteiger charge is 2.17. The van der Waals surface area contributed by atoms with Crippen LogP contribution in [0.25, 0.3) is 11.4 Å². The molecule has 1 aliphatic rings. The minimum absolute atomic E-state index is 0.252. The predicted molar refractivity (Wildman–Crippen MR) is 78.6 cm³/mol. The third-order valence-corrected chi connectivity index (χ3v) is 3.68. The summed E-state index contributed by atoms with van der Waals surface area (Å²) in [4.78, 5) is 18.4. The van der Waals surface area contributed by atoms with E-state index in [0.717, 1.165) is 6.42 Å². The first-order valence-corrected chi connectivity index (χ1v) is 7.16. The first-order chi connectivity index (χ1) is 9.65. The smallest absolute Gasteiger partial charge is 0.265 e. The van der Waals surface area contributed by atoms with Gasteiger partial charge in [0, 0.05) is 18.2 Å². The van der Waals surface area contributed by atoms with Gasteiger partial charge in [-0.15, -0.1) is 0 Å². The number of H-pyrrole nitrogens is 1. The number of nitrogens with one attached hydrogen (secondary N) is 1. The van der Waals surface area contributed by atoms with Crippen molar-refractivity contribution in [2.24, 2.45) is 0 Å². The van der Waals surface area contributed by atoms with Crippen molar-refractivity contribution >= 4 is 27.5 Å². The van der Waals surface area contributed by atoms with Crippen molar-refractivity contribution in [2.75, 3.05) is 13.2 Å². The van der Waals surface area contributed by atoms with Crippen LogP contribution in [0.5, 0.6) is 11.5 Å². The van der Waals surface area contributed by atoms with Crippen molar-refractivity contribution in [1.29, 1.82) is 0 Å². The van der Waals surface area contributed by atoms with Crippen molar-refractivity contribution in [3.8, 4) is 22.9 Å². The van der Waals surface area contributed by atoms with Gasteiger partial charge in [-0.1, -0.05) is 11.6 Å². The summed E-state index contributed by atoms with van der Waals surface area (Å²) in [6.45, 7) is 1.14. The van der Waals surface area contributed by atoms with Gasteiger partial charge in [-0.25, -0.2) is 4.98 Å². The number of ether oxygens (including phenoxy) is 2. The molecule has 0 bridgehead atoms. The third-order valence-electron chi connectivity index (χ3n) is 2.83. The summed E-state index contributed by atoms with van der Waals surface area (Å²) in [6.07, 6.45) is 2.25. The molecule has 2 heterocycles. The Balaban J connectivity index is 2.10. The number of halogens is 2. The molecule has 2 aromatic rings. The van der Waals surface area contributed by atoms with Gasteiger partial charge in [0.1, 0.15) is 10.3 Å². The number of fused-ring (bicyclic) bond motifs is 1. The van der Waals surface area contributed by atoms with E-state index in [0.29, 0.717) is 45.6 Å². The van der Waals surface area contributed by atoms with Gasteiger partial charge >= 0.3 is 0 Å². The average molecular weight is 358 g/mol. The van der Waals surface area contributed by atoms with E-state index in [-0.39, 0.29) is 5.56 Å². The van der Waals surface area contributed by atoms with Gasteiger partial charge in [0.15, 0.2) is 11.5 Å². The molecule has 5 nitrogen and oxygen atoms in total. The van der Waals surface area contributed by atoms with Crippen molar-refractivity contribution < 1.29 is 9.47 Å². The second kappa shape index (κ2) is 5.46. The number of aromatic nitrogens is 2. The lowest BCUT2D eigenvalue weighted by Crippen LogP contribution is -2.09. The highest BCUT2D eigenvalue weighted by atomic mass is 79.9.